The molecule has 0 atom stereocenters. The fourth-order valence-corrected chi connectivity index (χ4v) is 2.30. The summed E-state index contributed by atoms with van der Waals surface area (Å²) in [4.78, 5) is 0. The first-order valence-corrected chi connectivity index (χ1v) is 6.42. The van der Waals surface area contributed by atoms with Gasteiger partial charge in [0, 0.05) is 5.56 Å². The van der Waals surface area contributed by atoms with E-state index in [9.17, 15) is 5.11 Å². The molecule has 1 aliphatic heterocycles. The van der Waals surface area contributed by atoms with E-state index in [0.29, 0.717) is 6.61 Å². The van der Waals surface area contributed by atoms with Gasteiger partial charge in [-0.15, -0.1) is 0 Å². The van der Waals surface area contributed by atoms with Crippen LogP contribution in [0.15, 0.2) is 24.3 Å². The van der Waals surface area contributed by atoms with Gasteiger partial charge in [0.2, 0.25) is 0 Å². The highest BCUT2D eigenvalue weighted by molar-refractivity contribution is 5.38. The molecule has 0 unspecified atom stereocenters. The van der Waals surface area contributed by atoms with Gasteiger partial charge in [0.25, 0.3) is 0 Å². The molecule has 0 amide bonds. The fourth-order valence-electron chi connectivity index (χ4n) is 2.30. The second-order valence-corrected chi connectivity index (χ2v) is 4.63. The van der Waals surface area contributed by atoms with Crippen molar-refractivity contribution in [2.75, 3.05) is 19.7 Å². The maximum Gasteiger partial charge on any atom is 0.125 e. The van der Waals surface area contributed by atoms with Gasteiger partial charge in [-0.1, -0.05) is 25.1 Å². The number of piperidine rings is 1. The summed E-state index contributed by atoms with van der Waals surface area (Å²) in [5.41, 5.74) is 0.213. The molecule has 0 aromatic heterocycles. The number of benzene rings is 1. The number of para-hydroxylation sites is 1. The number of hydrogen-bond acceptors (Lipinski definition) is 3. The lowest BCUT2D eigenvalue weighted by atomic mass is 9.84. The normalized spacial score (nSPS) is 18.9. The fraction of sp³-hybridized carbons (Fsp3) is 0.571. The third kappa shape index (κ3) is 2.79. The maximum absolute atomic E-state index is 10.7. The Bertz CT molecular complexity index is 359. The molecular weight excluding hydrogens is 214 g/mol. The van der Waals surface area contributed by atoms with Gasteiger partial charge in [-0.25, -0.2) is 0 Å². The van der Waals surface area contributed by atoms with Crippen LogP contribution in [0.3, 0.4) is 0 Å². The van der Waals surface area contributed by atoms with Crippen LogP contribution >= 0.6 is 0 Å². The smallest absolute Gasteiger partial charge is 0.125 e. The Hall–Kier alpha value is -1.06. The van der Waals surface area contributed by atoms with Crippen molar-refractivity contribution >= 4 is 0 Å². The van der Waals surface area contributed by atoms with E-state index < -0.39 is 5.60 Å². The maximum atomic E-state index is 10.7. The highest BCUT2D eigenvalue weighted by Crippen LogP contribution is 2.36. The van der Waals surface area contributed by atoms with Gasteiger partial charge in [0.15, 0.2) is 0 Å². The average Bonchev–Trinajstić information content (AvgIpc) is 2.37. The zero-order valence-corrected chi connectivity index (χ0v) is 10.4. The molecule has 2 rings (SSSR count). The molecule has 0 radical (unpaired) electrons. The molecule has 0 spiro atoms. The van der Waals surface area contributed by atoms with Crippen LogP contribution < -0.4 is 10.1 Å². The van der Waals surface area contributed by atoms with E-state index in [-0.39, 0.29) is 0 Å². The van der Waals surface area contributed by atoms with Crippen molar-refractivity contribution in [3.05, 3.63) is 29.8 Å². The van der Waals surface area contributed by atoms with Crippen LogP contribution in [0.5, 0.6) is 5.75 Å². The molecule has 2 N–H and O–H groups in total. The molecule has 17 heavy (non-hydrogen) atoms. The number of rotatable bonds is 4. The first-order valence-electron chi connectivity index (χ1n) is 6.42. The van der Waals surface area contributed by atoms with Crippen LogP contribution in [0.25, 0.3) is 0 Å². The van der Waals surface area contributed by atoms with E-state index >= 15 is 0 Å². The Morgan fingerprint density at radius 1 is 1.29 bits per heavy atom. The molecule has 1 fully saturated rings. The van der Waals surface area contributed by atoms with Gasteiger partial charge in [-0.05, 0) is 38.4 Å². The topological polar surface area (TPSA) is 41.5 Å². The predicted octanol–water partition coefficient (Wildman–Crippen LogP) is 2.05. The Labute approximate surface area is 103 Å². The van der Waals surface area contributed by atoms with Crippen LogP contribution in [0, 0.1) is 0 Å². The minimum absolute atomic E-state index is 0.700. The molecule has 1 heterocycles. The van der Waals surface area contributed by atoms with E-state index in [0.717, 1.165) is 43.7 Å². The minimum atomic E-state index is -0.727. The quantitative estimate of drug-likeness (QED) is 0.839. The molecule has 94 valence electrons. The largest absolute Gasteiger partial charge is 0.493 e. The molecule has 1 saturated heterocycles. The standard InChI is InChI=1S/C14H21NO2/c1-2-11-17-13-6-4-3-5-12(13)14(16)7-9-15-10-8-14/h3-6,15-16H,2,7-11H2,1H3. The van der Waals surface area contributed by atoms with E-state index in [1.165, 1.54) is 0 Å². The third-order valence-corrected chi connectivity index (χ3v) is 3.28. The molecule has 1 aliphatic rings. The summed E-state index contributed by atoms with van der Waals surface area (Å²) in [6.07, 6.45) is 2.48. The van der Waals surface area contributed by atoms with E-state index in [4.69, 9.17) is 4.74 Å². The summed E-state index contributed by atoms with van der Waals surface area (Å²) in [6.45, 7) is 4.50. The lowest BCUT2D eigenvalue weighted by Crippen LogP contribution is -2.39. The number of hydrogen-bond donors (Lipinski definition) is 2. The van der Waals surface area contributed by atoms with E-state index in [2.05, 4.69) is 12.2 Å². The van der Waals surface area contributed by atoms with Gasteiger partial charge >= 0.3 is 0 Å². The molecule has 0 aliphatic carbocycles. The summed E-state index contributed by atoms with van der Waals surface area (Å²) in [5.74, 6) is 0.832. The van der Waals surface area contributed by atoms with Crippen LogP contribution in [0.4, 0.5) is 0 Å². The summed E-state index contributed by atoms with van der Waals surface area (Å²) < 4.78 is 5.72. The van der Waals surface area contributed by atoms with Crippen molar-refractivity contribution in [1.82, 2.24) is 5.32 Å². The van der Waals surface area contributed by atoms with Gasteiger partial charge in [0.05, 0.1) is 12.2 Å². The number of ether oxygens (including phenoxy) is 1. The molecule has 3 nitrogen and oxygen atoms in total. The molecule has 3 heteroatoms. The van der Waals surface area contributed by atoms with Crippen LogP contribution in [0.2, 0.25) is 0 Å². The van der Waals surface area contributed by atoms with Crippen LogP contribution in [-0.4, -0.2) is 24.8 Å². The second-order valence-electron chi connectivity index (χ2n) is 4.63. The highest BCUT2D eigenvalue weighted by Gasteiger charge is 2.33. The zero-order chi connectivity index (χ0) is 12.1. The van der Waals surface area contributed by atoms with E-state index in [1.807, 2.05) is 24.3 Å². The molecule has 1 aromatic rings. The molecule has 1 aromatic carbocycles. The van der Waals surface area contributed by atoms with Crippen molar-refractivity contribution < 1.29 is 9.84 Å². The predicted molar refractivity (Wildman–Crippen MR) is 68.2 cm³/mol. The molecular formula is C14H21NO2. The van der Waals surface area contributed by atoms with Gasteiger partial charge in [-0.3, -0.25) is 0 Å². The molecule has 0 bridgehead atoms. The second kappa shape index (κ2) is 5.52. The average molecular weight is 235 g/mol. The minimum Gasteiger partial charge on any atom is -0.493 e. The Kier molecular flexibility index (Phi) is 4.02. The first-order chi connectivity index (χ1) is 8.26. The third-order valence-electron chi connectivity index (χ3n) is 3.28. The lowest BCUT2D eigenvalue weighted by Gasteiger charge is -2.34. The Morgan fingerprint density at radius 2 is 2.00 bits per heavy atom. The lowest BCUT2D eigenvalue weighted by molar-refractivity contribution is 0.00344. The van der Waals surface area contributed by atoms with Crippen molar-refractivity contribution in [2.24, 2.45) is 0 Å². The Morgan fingerprint density at radius 3 is 2.71 bits per heavy atom. The number of aliphatic hydroxyl groups is 1. The monoisotopic (exact) mass is 235 g/mol. The summed E-state index contributed by atoms with van der Waals surface area (Å²) >= 11 is 0. The van der Waals surface area contributed by atoms with Crippen molar-refractivity contribution in [1.29, 1.82) is 0 Å². The SMILES string of the molecule is CCCOc1ccccc1C1(O)CCNCC1. The summed E-state index contributed by atoms with van der Waals surface area (Å²) in [5, 5.41) is 14.0. The molecule has 0 saturated carbocycles. The first kappa shape index (κ1) is 12.4. The highest BCUT2D eigenvalue weighted by atomic mass is 16.5. The van der Waals surface area contributed by atoms with E-state index in [1.54, 1.807) is 0 Å². The summed E-state index contributed by atoms with van der Waals surface area (Å²) in [7, 11) is 0. The summed E-state index contributed by atoms with van der Waals surface area (Å²) in [6, 6.07) is 7.86. The van der Waals surface area contributed by atoms with Crippen molar-refractivity contribution in [3.8, 4) is 5.75 Å². The van der Waals surface area contributed by atoms with Gasteiger partial charge in [-0.2, -0.15) is 0 Å². The van der Waals surface area contributed by atoms with Crippen LogP contribution in [-0.2, 0) is 5.60 Å². The van der Waals surface area contributed by atoms with Crippen LogP contribution in [0.1, 0.15) is 31.7 Å². The van der Waals surface area contributed by atoms with Crippen molar-refractivity contribution in [2.45, 2.75) is 31.8 Å². The number of nitrogens with one attached hydrogen (secondary N) is 1. The zero-order valence-electron chi connectivity index (χ0n) is 10.4. The van der Waals surface area contributed by atoms with Gasteiger partial charge < -0.3 is 15.2 Å². The Balaban J connectivity index is 2.23. The van der Waals surface area contributed by atoms with Crippen molar-refractivity contribution in [3.63, 3.8) is 0 Å². The van der Waals surface area contributed by atoms with Gasteiger partial charge in [0.1, 0.15) is 5.75 Å².